The molecule has 1 aliphatic carbocycles. The summed E-state index contributed by atoms with van der Waals surface area (Å²) in [4.78, 5) is 16.5. The summed E-state index contributed by atoms with van der Waals surface area (Å²) >= 11 is 0. The zero-order valence-electron chi connectivity index (χ0n) is 17.3. The molecule has 3 aromatic rings. The van der Waals surface area contributed by atoms with Crippen molar-refractivity contribution >= 4 is 17.7 Å². The van der Waals surface area contributed by atoms with Crippen molar-refractivity contribution in [3.8, 4) is 0 Å². The molecule has 2 aromatic carbocycles. The van der Waals surface area contributed by atoms with Crippen molar-refractivity contribution in [2.45, 2.75) is 38.0 Å². The molecule has 30 heavy (non-hydrogen) atoms. The van der Waals surface area contributed by atoms with Crippen molar-refractivity contribution < 1.29 is 4.79 Å². The van der Waals surface area contributed by atoms with Gasteiger partial charge in [0.15, 0.2) is 6.29 Å². The van der Waals surface area contributed by atoms with Crippen molar-refractivity contribution in [2.24, 2.45) is 0 Å². The Kier molecular flexibility index (Phi) is 6.38. The number of hydrogen-bond acceptors (Lipinski definition) is 3. The molecule has 0 aliphatic heterocycles. The fraction of sp³-hybridized carbons (Fsp3) is 0.259. The molecule has 0 fully saturated rings. The van der Waals surface area contributed by atoms with Crippen LogP contribution in [0.25, 0.3) is 5.57 Å². The van der Waals surface area contributed by atoms with Gasteiger partial charge in [-0.2, -0.15) is 0 Å². The molecule has 3 nitrogen and oxygen atoms in total. The summed E-state index contributed by atoms with van der Waals surface area (Å²) in [5.74, 6) is 1.09. The Bertz CT molecular complexity index is 1010. The number of aldehydes is 1. The van der Waals surface area contributed by atoms with E-state index in [1.807, 2.05) is 18.2 Å². The minimum Gasteiger partial charge on any atom is -0.369 e. The van der Waals surface area contributed by atoms with Gasteiger partial charge in [-0.15, -0.1) is 0 Å². The third kappa shape index (κ3) is 4.68. The number of allylic oxidation sites excluding steroid dienone is 1. The van der Waals surface area contributed by atoms with Crippen LogP contribution < -0.4 is 5.32 Å². The van der Waals surface area contributed by atoms with Crippen LogP contribution in [0.3, 0.4) is 0 Å². The maximum absolute atomic E-state index is 11.7. The number of benzene rings is 2. The molecule has 1 heterocycles. The van der Waals surface area contributed by atoms with Crippen LogP contribution >= 0.6 is 0 Å². The Balaban J connectivity index is 1.42. The second-order valence-electron chi connectivity index (χ2n) is 8.03. The number of carbonyl (C=O) groups excluding carboxylic acids is 1. The van der Waals surface area contributed by atoms with Crippen LogP contribution in [0, 0.1) is 0 Å². The molecule has 0 radical (unpaired) electrons. The van der Waals surface area contributed by atoms with Gasteiger partial charge in [0.05, 0.1) is 11.3 Å². The maximum atomic E-state index is 11.7. The number of aromatic nitrogens is 1. The smallest absolute Gasteiger partial charge is 0.153 e. The number of rotatable bonds is 8. The van der Waals surface area contributed by atoms with Crippen LogP contribution in [0.2, 0.25) is 0 Å². The van der Waals surface area contributed by atoms with E-state index in [0.29, 0.717) is 17.3 Å². The minimum absolute atomic E-state index is 0.388. The first kappa shape index (κ1) is 20.1. The lowest BCUT2D eigenvalue weighted by Crippen LogP contribution is -2.16. The van der Waals surface area contributed by atoms with Crippen LogP contribution in [0.1, 0.15) is 57.9 Å². The van der Waals surface area contributed by atoms with Gasteiger partial charge in [-0.3, -0.25) is 4.79 Å². The molecular formula is C27H28N2O. The third-order valence-electron chi connectivity index (χ3n) is 5.87. The summed E-state index contributed by atoms with van der Waals surface area (Å²) in [6, 6.07) is 23.1. The van der Waals surface area contributed by atoms with Gasteiger partial charge in [0, 0.05) is 6.54 Å². The average molecular weight is 397 g/mol. The van der Waals surface area contributed by atoms with E-state index in [4.69, 9.17) is 4.98 Å². The highest BCUT2D eigenvalue weighted by Crippen LogP contribution is 2.38. The van der Waals surface area contributed by atoms with Gasteiger partial charge in [0.1, 0.15) is 5.82 Å². The summed E-state index contributed by atoms with van der Waals surface area (Å²) < 4.78 is 0. The van der Waals surface area contributed by atoms with E-state index in [9.17, 15) is 4.79 Å². The number of fused-ring (bicyclic) bond motifs is 1. The van der Waals surface area contributed by atoms with E-state index in [0.717, 1.165) is 61.8 Å². The highest BCUT2D eigenvalue weighted by molar-refractivity contribution is 5.85. The number of pyridine rings is 1. The molecule has 3 heteroatoms. The number of nitrogens with zero attached hydrogens (tertiary/aromatic N) is 1. The largest absolute Gasteiger partial charge is 0.369 e. The van der Waals surface area contributed by atoms with Crippen LogP contribution in [0.15, 0.2) is 73.3 Å². The molecule has 152 valence electrons. The Morgan fingerprint density at radius 1 is 1.00 bits per heavy atom. The zero-order valence-corrected chi connectivity index (χ0v) is 17.3. The molecular weight excluding hydrogens is 368 g/mol. The molecule has 0 bridgehead atoms. The number of hydrogen-bond donors (Lipinski definition) is 1. The number of nitrogens with one attached hydrogen (secondary N) is 1. The van der Waals surface area contributed by atoms with Gasteiger partial charge in [-0.05, 0) is 66.4 Å². The van der Waals surface area contributed by atoms with Crippen molar-refractivity contribution in [1.82, 2.24) is 4.98 Å². The maximum Gasteiger partial charge on any atom is 0.153 e. The molecule has 0 spiro atoms. The fourth-order valence-corrected chi connectivity index (χ4v) is 4.24. The van der Waals surface area contributed by atoms with Crippen LogP contribution in [-0.4, -0.2) is 17.8 Å². The molecule has 1 aliphatic rings. The second kappa shape index (κ2) is 9.53. The van der Waals surface area contributed by atoms with Crippen molar-refractivity contribution in [3.05, 3.63) is 101 Å². The summed E-state index contributed by atoms with van der Waals surface area (Å²) in [5, 5.41) is 3.40. The van der Waals surface area contributed by atoms with E-state index < -0.39 is 0 Å². The second-order valence-corrected chi connectivity index (χ2v) is 8.03. The summed E-state index contributed by atoms with van der Waals surface area (Å²) in [6.45, 7) is 5.08. The molecule has 1 unspecified atom stereocenters. The van der Waals surface area contributed by atoms with E-state index in [2.05, 4.69) is 60.4 Å². The Morgan fingerprint density at radius 3 is 2.47 bits per heavy atom. The fourth-order valence-electron chi connectivity index (χ4n) is 4.24. The minimum atomic E-state index is 0.388. The monoisotopic (exact) mass is 396 g/mol. The van der Waals surface area contributed by atoms with E-state index in [-0.39, 0.29) is 0 Å². The van der Waals surface area contributed by atoms with Crippen LogP contribution in [-0.2, 0) is 12.8 Å². The van der Waals surface area contributed by atoms with Crippen molar-refractivity contribution in [3.63, 3.8) is 0 Å². The lowest BCUT2D eigenvalue weighted by atomic mass is 9.80. The van der Waals surface area contributed by atoms with Crippen molar-refractivity contribution in [2.75, 3.05) is 11.9 Å². The highest BCUT2D eigenvalue weighted by Gasteiger charge is 2.25. The summed E-state index contributed by atoms with van der Waals surface area (Å²) in [7, 11) is 0. The average Bonchev–Trinajstić information content (AvgIpc) is 2.79. The third-order valence-corrected chi connectivity index (χ3v) is 5.87. The van der Waals surface area contributed by atoms with E-state index in [1.54, 1.807) is 0 Å². The first-order valence-corrected chi connectivity index (χ1v) is 10.7. The Morgan fingerprint density at radius 2 is 1.73 bits per heavy atom. The SMILES string of the molecule is C=C1CC(c2ccccc2)Cc2nc(NCCCCc3ccccc3)c(C=O)cc21. The number of unbranched alkanes of at least 4 members (excludes halogenated alkanes) is 1. The Hall–Kier alpha value is -3.20. The summed E-state index contributed by atoms with van der Waals surface area (Å²) in [6.07, 6.45) is 5.88. The number of aryl methyl sites for hydroxylation is 1. The molecule has 0 saturated carbocycles. The normalized spacial score (nSPS) is 15.5. The van der Waals surface area contributed by atoms with Crippen molar-refractivity contribution in [1.29, 1.82) is 0 Å². The quantitative estimate of drug-likeness (QED) is 0.371. The van der Waals surface area contributed by atoms with Gasteiger partial charge in [0.25, 0.3) is 0 Å². The molecule has 0 saturated heterocycles. The molecule has 1 aromatic heterocycles. The van der Waals surface area contributed by atoms with Crippen LogP contribution in [0.4, 0.5) is 5.82 Å². The van der Waals surface area contributed by atoms with E-state index in [1.165, 1.54) is 11.1 Å². The van der Waals surface area contributed by atoms with Crippen LogP contribution in [0.5, 0.6) is 0 Å². The Labute approximate surface area is 178 Å². The van der Waals surface area contributed by atoms with Gasteiger partial charge in [-0.25, -0.2) is 4.98 Å². The predicted octanol–water partition coefficient (Wildman–Crippen LogP) is 6.07. The molecule has 4 rings (SSSR count). The highest BCUT2D eigenvalue weighted by atomic mass is 16.1. The lowest BCUT2D eigenvalue weighted by Gasteiger charge is -2.27. The number of anilines is 1. The van der Waals surface area contributed by atoms with Gasteiger partial charge in [0.2, 0.25) is 0 Å². The zero-order chi connectivity index (χ0) is 20.8. The first-order valence-electron chi connectivity index (χ1n) is 10.7. The molecule has 1 N–H and O–H groups in total. The van der Waals surface area contributed by atoms with Gasteiger partial charge >= 0.3 is 0 Å². The first-order chi connectivity index (χ1) is 14.7. The predicted molar refractivity (Wildman–Crippen MR) is 124 cm³/mol. The van der Waals surface area contributed by atoms with E-state index >= 15 is 0 Å². The molecule has 1 atom stereocenters. The molecule has 0 amide bonds. The summed E-state index contributed by atoms with van der Waals surface area (Å²) in [5.41, 5.74) is 6.45. The van der Waals surface area contributed by atoms with Gasteiger partial charge < -0.3 is 5.32 Å². The standard InChI is InChI=1S/C27H28N2O/c1-20-16-23(22-13-6-3-7-14-22)18-26-25(20)17-24(19-30)27(29-26)28-15-9-8-12-21-10-4-2-5-11-21/h2-7,10-11,13-14,17,19,23H,1,8-9,12,15-16,18H2,(H,28,29). The van der Waals surface area contributed by atoms with Gasteiger partial charge in [-0.1, -0.05) is 67.2 Å². The lowest BCUT2D eigenvalue weighted by molar-refractivity contribution is 0.112. The topological polar surface area (TPSA) is 42.0 Å². The number of carbonyl (C=O) groups is 1.